The summed E-state index contributed by atoms with van der Waals surface area (Å²) in [5, 5.41) is 0. The molecule has 0 spiro atoms. The summed E-state index contributed by atoms with van der Waals surface area (Å²) in [6.45, 7) is 1.82. The van der Waals surface area contributed by atoms with Crippen LogP contribution in [0.1, 0.15) is 48.9 Å². The van der Waals surface area contributed by atoms with Crippen molar-refractivity contribution in [1.29, 1.82) is 0 Å². The highest BCUT2D eigenvalue weighted by molar-refractivity contribution is 6.03. The van der Waals surface area contributed by atoms with E-state index < -0.39 is 17.2 Å². The molecule has 1 aliphatic carbocycles. The summed E-state index contributed by atoms with van der Waals surface area (Å²) in [6, 6.07) is 3.27. The Balaban J connectivity index is 1.96. The first-order valence-electron chi connectivity index (χ1n) is 7.38. The summed E-state index contributed by atoms with van der Waals surface area (Å²) in [4.78, 5) is 15.1. The van der Waals surface area contributed by atoms with Gasteiger partial charge in [0, 0.05) is 6.07 Å². The van der Waals surface area contributed by atoms with Crippen LogP contribution in [0.25, 0.3) is 0 Å². The van der Waals surface area contributed by atoms with Crippen LogP contribution in [0.5, 0.6) is 0 Å². The van der Waals surface area contributed by atoms with Crippen molar-refractivity contribution < 1.29 is 13.6 Å². The van der Waals surface area contributed by atoms with E-state index >= 15 is 0 Å². The molecule has 1 aromatic carbocycles. The number of Topliss-reactive ketones (excluding diaryl/α,β-unsaturated/α-hetero) is 1. The van der Waals surface area contributed by atoms with Gasteiger partial charge in [0.15, 0.2) is 5.78 Å². The molecule has 0 unspecified atom stereocenters. The summed E-state index contributed by atoms with van der Waals surface area (Å²) in [5.74, 6) is -1.53. The Hall–Kier alpha value is -1.29. The lowest BCUT2D eigenvalue weighted by molar-refractivity contribution is 0.0622. The predicted molar refractivity (Wildman–Crippen MR) is 72.7 cm³/mol. The average Bonchev–Trinajstić information content (AvgIpc) is 3.10. The quantitative estimate of drug-likeness (QED) is 0.789. The first-order valence-corrected chi connectivity index (χ1v) is 7.38. The van der Waals surface area contributed by atoms with Crippen LogP contribution in [0.15, 0.2) is 18.2 Å². The molecule has 2 fully saturated rings. The van der Waals surface area contributed by atoms with Gasteiger partial charge in [-0.2, -0.15) is 0 Å². The number of hydrogen-bond acceptors (Lipinski definition) is 2. The third-order valence-corrected chi connectivity index (χ3v) is 4.74. The van der Waals surface area contributed by atoms with Gasteiger partial charge in [-0.05, 0) is 50.9 Å². The molecule has 0 aromatic heterocycles. The van der Waals surface area contributed by atoms with Gasteiger partial charge in [0.05, 0.1) is 11.1 Å². The Morgan fingerprint density at radius 2 is 1.70 bits per heavy atom. The molecule has 3 rings (SSSR count). The van der Waals surface area contributed by atoms with Gasteiger partial charge in [-0.1, -0.05) is 12.8 Å². The van der Waals surface area contributed by atoms with E-state index in [-0.39, 0.29) is 11.3 Å². The molecule has 1 aromatic rings. The number of rotatable bonds is 3. The molecule has 1 saturated carbocycles. The van der Waals surface area contributed by atoms with E-state index in [1.807, 2.05) is 0 Å². The van der Waals surface area contributed by atoms with Crippen molar-refractivity contribution in [3.63, 3.8) is 0 Å². The molecule has 1 aliphatic heterocycles. The Bertz CT molecular complexity index is 517. The fourth-order valence-corrected chi connectivity index (χ4v) is 3.72. The first-order chi connectivity index (χ1) is 9.63. The van der Waals surface area contributed by atoms with Crippen LogP contribution in [0.2, 0.25) is 0 Å². The number of carbonyl (C=O) groups is 1. The molecule has 0 atom stereocenters. The van der Waals surface area contributed by atoms with Gasteiger partial charge in [-0.15, -0.1) is 0 Å². The number of hydrogen-bond donors (Lipinski definition) is 0. The second kappa shape index (κ2) is 5.24. The zero-order chi connectivity index (χ0) is 14.2. The second-order valence-corrected chi connectivity index (χ2v) is 5.89. The summed E-state index contributed by atoms with van der Waals surface area (Å²) in [7, 11) is 0. The number of nitrogens with zero attached hydrogens (tertiary/aromatic N) is 1. The van der Waals surface area contributed by atoms with Crippen molar-refractivity contribution >= 4 is 5.78 Å². The zero-order valence-corrected chi connectivity index (χ0v) is 11.5. The Morgan fingerprint density at radius 1 is 1.05 bits per heavy atom. The summed E-state index contributed by atoms with van der Waals surface area (Å²) < 4.78 is 27.0. The lowest BCUT2D eigenvalue weighted by atomic mass is 9.85. The zero-order valence-electron chi connectivity index (χ0n) is 11.5. The molecule has 0 amide bonds. The number of likely N-dealkylation sites (tertiary alicyclic amines) is 1. The monoisotopic (exact) mass is 279 g/mol. The van der Waals surface area contributed by atoms with Gasteiger partial charge < -0.3 is 0 Å². The summed E-state index contributed by atoms with van der Waals surface area (Å²) in [5.41, 5.74) is -0.505. The van der Waals surface area contributed by atoms with E-state index in [4.69, 9.17) is 0 Å². The standard InChI is InChI=1S/C16H19F2NO/c17-12-5-6-13(14(18)11-12)15(20)16(7-1-2-8-16)19-9-3-4-10-19/h5-6,11H,1-4,7-10H2. The van der Waals surface area contributed by atoms with Crippen LogP contribution in [-0.2, 0) is 0 Å². The van der Waals surface area contributed by atoms with Gasteiger partial charge >= 0.3 is 0 Å². The number of carbonyl (C=O) groups excluding carboxylic acids is 1. The molecular formula is C16H19F2NO. The van der Waals surface area contributed by atoms with Gasteiger partial charge in [-0.25, -0.2) is 8.78 Å². The molecule has 4 heteroatoms. The molecule has 0 N–H and O–H groups in total. The molecule has 108 valence electrons. The molecule has 1 saturated heterocycles. The molecule has 2 nitrogen and oxygen atoms in total. The van der Waals surface area contributed by atoms with Crippen molar-refractivity contribution in [2.45, 2.75) is 44.1 Å². The molecule has 1 heterocycles. The van der Waals surface area contributed by atoms with Gasteiger partial charge in [0.2, 0.25) is 0 Å². The maximum absolute atomic E-state index is 13.9. The van der Waals surface area contributed by atoms with E-state index in [0.29, 0.717) is 0 Å². The minimum Gasteiger partial charge on any atom is -0.292 e. The van der Waals surface area contributed by atoms with Gasteiger partial charge in [-0.3, -0.25) is 9.69 Å². The van der Waals surface area contributed by atoms with Crippen LogP contribution in [0, 0.1) is 11.6 Å². The van der Waals surface area contributed by atoms with E-state index in [9.17, 15) is 13.6 Å². The van der Waals surface area contributed by atoms with Crippen LogP contribution in [0.3, 0.4) is 0 Å². The molecule has 20 heavy (non-hydrogen) atoms. The van der Waals surface area contributed by atoms with Crippen LogP contribution in [0.4, 0.5) is 8.78 Å². The molecule has 0 radical (unpaired) electrons. The molecular weight excluding hydrogens is 260 g/mol. The lowest BCUT2D eigenvalue weighted by Crippen LogP contribution is -2.51. The van der Waals surface area contributed by atoms with Gasteiger partial charge in [0.1, 0.15) is 11.6 Å². The fraction of sp³-hybridized carbons (Fsp3) is 0.562. The molecule has 0 bridgehead atoms. The predicted octanol–water partition coefficient (Wildman–Crippen LogP) is 3.56. The maximum atomic E-state index is 13.9. The summed E-state index contributed by atoms with van der Waals surface area (Å²) in [6.07, 6.45) is 5.79. The lowest BCUT2D eigenvalue weighted by Gasteiger charge is -2.37. The van der Waals surface area contributed by atoms with Crippen LogP contribution in [-0.4, -0.2) is 29.3 Å². The topological polar surface area (TPSA) is 20.3 Å². The highest BCUT2D eigenvalue weighted by Crippen LogP contribution is 2.40. The van der Waals surface area contributed by atoms with E-state index in [0.717, 1.165) is 57.7 Å². The number of benzene rings is 1. The van der Waals surface area contributed by atoms with E-state index in [1.54, 1.807) is 0 Å². The van der Waals surface area contributed by atoms with Crippen molar-refractivity contribution in [2.24, 2.45) is 0 Å². The van der Waals surface area contributed by atoms with Crippen molar-refractivity contribution in [1.82, 2.24) is 4.90 Å². The van der Waals surface area contributed by atoms with Crippen molar-refractivity contribution in [3.05, 3.63) is 35.4 Å². The smallest absolute Gasteiger partial charge is 0.186 e. The van der Waals surface area contributed by atoms with Crippen LogP contribution < -0.4 is 0 Å². The third-order valence-electron chi connectivity index (χ3n) is 4.74. The van der Waals surface area contributed by atoms with Crippen molar-refractivity contribution in [3.8, 4) is 0 Å². The first kappa shape index (κ1) is 13.7. The highest BCUT2D eigenvalue weighted by atomic mass is 19.1. The van der Waals surface area contributed by atoms with E-state index in [1.165, 1.54) is 12.1 Å². The van der Waals surface area contributed by atoms with Crippen molar-refractivity contribution in [2.75, 3.05) is 13.1 Å². The SMILES string of the molecule is O=C(c1ccc(F)cc1F)C1(N2CCCC2)CCCC1. The summed E-state index contributed by atoms with van der Waals surface area (Å²) >= 11 is 0. The Morgan fingerprint density at radius 3 is 2.30 bits per heavy atom. The van der Waals surface area contributed by atoms with Crippen LogP contribution >= 0.6 is 0 Å². The third kappa shape index (κ3) is 2.16. The average molecular weight is 279 g/mol. The number of halogens is 2. The normalized spacial score (nSPS) is 22.3. The number of ketones is 1. The second-order valence-electron chi connectivity index (χ2n) is 5.89. The Kier molecular flexibility index (Phi) is 3.59. The fourth-order valence-electron chi connectivity index (χ4n) is 3.72. The minimum absolute atomic E-state index is 0.0419. The van der Waals surface area contributed by atoms with E-state index in [2.05, 4.69) is 4.90 Å². The highest BCUT2D eigenvalue weighted by Gasteiger charge is 2.47. The maximum Gasteiger partial charge on any atom is 0.186 e. The Labute approximate surface area is 117 Å². The molecule has 2 aliphatic rings. The minimum atomic E-state index is -0.736. The largest absolute Gasteiger partial charge is 0.292 e. The van der Waals surface area contributed by atoms with Gasteiger partial charge in [0.25, 0.3) is 0 Å².